The highest BCUT2D eigenvalue weighted by Gasteiger charge is 2.07. The van der Waals surface area contributed by atoms with E-state index in [0.717, 1.165) is 12.0 Å². The first kappa shape index (κ1) is 16.0. The molecule has 0 N–H and O–H groups in total. The fourth-order valence-corrected chi connectivity index (χ4v) is 2.03. The summed E-state index contributed by atoms with van der Waals surface area (Å²) in [7, 11) is 0. The third-order valence-corrected chi connectivity index (χ3v) is 3.26. The van der Waals surface area contributed by atoms with Crippen molar-refractivity contribution in [2.75, 3.05) is 13.1 Å². The van der Waals surface area contributed by atoms with Crippen LogP contribution in [0.2, 0.25) is 0 Å². The van der Waals surface area contributed by atoms with E-state index in [1.54, 1.807) is 0 Å². The molecule has 98 valence electrons. The van der Waals surface area contributed by atoms with E-state index in [-0.39, 0.29) is 0 Å². The summed E-state index contributed by atoms with van der Waals surface area (Å²) >= 11 is 0. The number of nitrogens with zero attached hydrogens (tertiary/aromatic N) is 1. The first-order chi connectivity index (χ1) is 7.57. The van der Waals surface area contributed by atoms with E-state index in [4.69, 9.17) is 0 Å². The average molecular weight is 227 g/mol. The van der Waals surface area contributed by atoms with Crippen molar-refractivity contribution in [3.63, 3.8) is 0 Å². The van der Waals surface area contributed by atoms with Crippen LogP contribution in [0.3, 0.4) is 0 Å². The molecule has 0 aliphatic heterocycles. The first-order valence-corrected chi connectivity index (χ1v) is 7.32. The zero-order chi connectivity index (χ0) is 12.4. The number of rotatable bonds is 10. The van der Waals surface area contributed by atoms with E-state index in [0.29, 0.717) is 0 Å². The van der Waals surface area contributed by atoms with Crippen molar-refractivity contribution < 1.29 is 0 Å². The number of unbranched alkanes of at least 4 members (excludes halogenated alkanes) is 3. The maximum absolute atomic E-state index is 2.64. The van der Waals surface area contributed by atoms with Crippen LogP contribution in [0.15, 0.2) is 0 Å². The predicted molar refractivity (Wildman–Crippen MR) is 74.9 cm³/mol. The van der Waals surface area contributed by atoms with Gasteiger partial charge in [-0.05, 0) is 45.7 Å². The molecule has 0 aromatic heterocycles. The Balaban J connectivity index is 3.52. The zero-order valence-corrected chi connectivity index (χ0v) is 12.3. The van der Waals surface area contributed by atoms with Gasteiger partial charge < -0.3 is 4.90 Å². The second-order valence-corrected chi connectivity index (χ2v) is 5.73. The lowest BCUT2D eigenvalue weighted by atomic mass is 10.1. The van der Waals surface area contributed by atoms with Crippen molar-refractivity contribution in [1.82, 2.24) is 4.90 Å². The third-order valence-electron chi connectivity index (χ3n) is 3.26. The molecule has 1 nitrogen and oxygen atoms in total. The molecule has 16 heavy (non-hydrogen) atoms. The van der Waals surface area contributed by atoms with Gasteiger partial charge in [-0.25, -0.2) is 0 Å². The van der Waals surface area contributed by atoms with Crippen LogP contribution in [0.1, 0.15) is 73.1 Å². The van der Waals surface area contributed by atoms with Gasteiger partial charge in [0, 0.05) is 6.04 Å². The van der Waals surface area contributed by atoms with E-state index in [9.17, 15) is 0 Å². The van der Waals surface area contributed by atoms with Crippen molar-refractivity contribution in [2.45, 2.75) is 79.2 Å². The van der Waals surface area contributed by atoms with Gasteiger partial charge in [0.2, 0.25) is 0 Å². The smallest absolute Gasteiger partial charge is 0.00385 e. The minimum Gasteiger partial charge on any atom is -0.301 e. The molecule has 0 aliphatic rings. The standard InChI is InChI=1S/C15H33N/c1-6-7-12-16(15(4)5)13-10-8-9-11-14(2)3/h14-15H,6-13H2,1-5H3. The maximum Gasteiger partial charge on any atom is 0.00385 e. The molecule has 1 heteroatoms. The molecular formula is C15H33N. The molecule has 0 radical (unpaired) electrons. The van der Waals surface area contributed by atoms with Crippen LogP contribution in [0, 0.1) is 5.92 Å². The minimum absolute atomic E-state index is 0.719. The molecule has 0 unspecified atom stereocenters. The molecule has 0 aliphatic carbocycles. The lowest BCUT2D eigenvalue weighted by Crippen LogP contribution is -2.32. The number of hydrogen-bond acceptors (Lipinski definition) is 1. The highest BCUT2D eigenvalue weighted by atomic mass is 15.1. The van der Waals surface area contributed by atoms with Crippen molar-refractivity contribution in [2.24, 2.45) is 5.92 Å². The summed E-state index contributed by atoms with van der Waals surface area (Å²) < 4.78 is 0. The fraction of sp³-hybridized carbons (Fsp3) is 1.00. The first-order valence-electron chi connectivity index (χ1n) is 7.32. The Morgan fingerprint density at radius 3 is 1.94 bits per heavy atom. The van der Waals surface area contributed by atoms with Gasteiger partial charge in [0.1, 0.15) is 0 Å². The summed E-state index contributed by atoms with van der Waals surface area (Å²) in [5.74, 6) is 0.876. The maximum atomic E-state index is 2.64. The summed E-state index contributed by atoms with van der Waals surface area (Å²) in [4.78, 5) is 2.64. The summed E-state index contributed by atoms with van der Waals surface area (Å²) in [5.41, 5.74) is 0. The Morgan fingerprint density at radius 1 is 0.812 bits per heavy atom. The fourth-order valence-electron chi connectivity index (χ4n) is 2.03. The van der Waals surface area contributed by atoms with Crippen LogP contribution in [0.4, 0.5) is 0 Å². The van der Waals surface area contributed by atoms with Gasteiger partial charge in [-0.15, -0.1) is 0 Å². The third kappa shape index (κ3) is 9.21. The highest BCUT2D eigenvalue weighted by Crippen LogP contribution is 2.10. The van der Waals surface area contributed by atoms with E-state index >= 15 is 0 Å². The molecule has 0 spiro atoms. The van der Waals surface area contributed by atoms with Crippen LogP contribution in [-0.2, 0) is 0 Å². The molecule has 0 heterocycles. The van der Waals surface area contributed by atoms with Crippen molar-refractivity contribution >= 4 is 0 Å². The molecule has 0 rings (SSSR count). The summed E-state index contributed by atoms with van der Waals surface area (Å²) in [6.07, 6.45) is 8.27. The van der Waals surface area contributed by atoms with Crippen LogP contribution in [0.5, 0.6) is 0 Å². The van der Waals surface area contributed by atoms with Crippen LogP contribution in [-0.4, -0.2) is 24.0 Å². The van der Waals surface area contributed by atoms with E-state index in [1.165, 1.54) is 51.6 Å². The Labute approximate surface area is 104 Å². The zero-order valence-electron chi connectivity index (χ0n) is 12.3. The molecule has 0 atom stereocenters. The minimum atomic E-state index is 0.719. The SMILES string of the molecule is CCCCN(CCCCCC(C)C)C(C)C. The molecule has 0 bridgehead atoms. The Bertz CT molecular complexity index is 140. The Morgan fingerprint density at radius 2 is 1.44 bits per heavy atom. The highest BCUT2D eigenvalue weighted by molar-refractivity contribution is 4.62. The lowest BCUT2D eigenvalue weighted by molar-refractivity contribution is 0.213. The normalized spacial score (nSPS) is 12.0. The quantitative estimate of drug-likeness (QED) is 0.488. The Hall–Kier alpha value is -0.0400. The summed E-state index contributed by atoms with van der Waals surface area (Å²) in [6.45, 7) is 14.2. The molecule has 0 fully saturated rings. The van der Waals surface area contributed by atoms with Crippen LogP contribution in [0.25, 0.3) is 0 Å². The van der Waals surface area contributed by atoms with E-state index in [1.807, 2.05) is 0 Å². The second kappa shape index (κ2) is 10.1. The van der Waals surface area contributed by atoms with Crippen molar-refractivity contribution in [3.05, 3.63) is 0 Å². The van der Waals surface area contributed by atoms with Gasteiger partial charge in [-0.3, -0.25) is 0 Å². The number of hydrogen-bond donors (Lipinski definition) is 0. The second-order valence-electron chi connectivity index (χ2n) is 5.73. The molecule has 0 amide bonds. The largest absolute Gasteiger partial charge is 0.301 e. The van der Waals surface area contributed by atoms with Gasteiger partial charge >= 0.3 is 0 Å². The van der Waals surface area contributed by atoms with Crippen LogP contribution < -0.4 is 0 Å². The summed E-state index contributed by atoms with van der Waals surface area (Å²) in [5, 5.41) is 0. The monoisotopic (exact) mass is 227 g/mol. The van der Waals surface area contributed by atoms with E-state index in [2.05, 4.69) is 39.5 Å². The van der Waals surface area contributed by atoms with Crippen molar-refractivity contribution in [1.29, 1.82) is 0 Å². The predicted octanol–water partition coefficient (Wildman–Crippen LogP) is 4.71. The van der Waals surface area contributed by atoms with Gasteiger partial charge in [-0.2, -0.15) is 0 Å². The molecule has 0 saturated heterocycles. The topological polar surface area (TPSA) is 3.24 Å². The van der Waals surface area contributed by atoms with E-state index < -0.39 is 0 Å². The van der Waals surface area contributed by atoms with Crippen molar-refractivity contribution in [3.8, 4) is 0 Å². The Kier molecular flexibility index (Phi) is 10.1. The van der Waals surface area contributed by atoms with Gasteiger partial charge in [0.25, 0.3) is 0 Å². The van der Waals surface area contributed by atoms with Gasteiger partial charge in [-0.1, -0.05) is 46.5 Å². The van der Waals surface area contributed by atoms with Gasteiger partial charge in [0.05, 0.1) is 0 Å². The molecule has 0 aromatic rings. The van der Waals surface area contributed by atoms with Gasteiger partial charge in [0.15, 0.2) is 0 Å². The average Bonchev–Trinajstić information content (AvgIpc) is 2.21. The lowest BCUT2D eigenvalue weighted by Gasteiger charge is -2.26. The molecule has 0 saturated carbocycles. The molecule has 0 aromatic carbocycles. The van der Waals surface area contributed by atoms with Crippen LogP contribution >= 0.6 is 0 Å². The summed E-state index contributed by atoms with van der Waals surface area (Å²) in [6, 6.07) is 0.719. The molecular weight excluding hydrogens is 194 g/mol.